The van der Waals surface area contributed by atoms with Gasteiger partial charge in [0.05, 0.1) is 4.90 Å². The fraction of sp³-hybridized carbons (Fsp3) is 0.417. The average molecular weight is 285 g/mol. The molecule has 0 bridgehead atoms. The van der Waals surface area contributed by atoms with E-state index in [4.69, 9.17) is 5.73 Å². The third-order valence-corrected chi connectivity index (χ3v) is 3.76. The van der Waals surface area contributed by atoms with Gasteiger partial charge in [0.1, 0.15) is 0 Å². The van der Waals surface area contributed by atoms with Gasteiger partial charge in [-0.15, -0.1) is 0 Å². The van der Waals surface area contributed by atoms with E-state index in [0.717, 1.165) is 0 Å². The summed E-state index contributed by atoms with van der Waals surface area (Å²) in [5.74, 6) is -0.211. The van der Waals surface area contributed by atoms with Crippen LogP contribution in [-0.2, 0) is 14.8 Å². The van der Waals surface area contributed by atoms with Crippen LogP contribution < -0.4 is 15.8 Å². The number of carbonyl (C=O) groups excluding carboxylic acids is 1. The minimum absolute atomic E-state index is 0.146. The molecule has 1 aromatic rings. The monoisotopic (exact) mass is 285 g/mol. The van der Waals surface area contributed by atoms with E-state index in [1.165, 1.54) is 31.3 Å². The van der Waals surface area contributed by atoms with E-state index in [-0.39, 0.29) is 17.2 Å². The van der Waals surface area contributed by atoms with Crippen LogP contribution in [0.4, 0.5) is 5.69 Å². The van der Waals surface area contributed by atoms with Gasteiger partial charge in [0, 0.05) is 17.6 Å². The van der Waals surface area contributed by atoms with Gasteiger partial charge in [-0.1, -0.05) is 0 Å². The first-order chi connectivity index (χ1) is 8.64. The second-order valence-corrected chi connectivity index (χ2v) is 6.83. The van der Waals surface area contributed by atoms with Crippen LogP contribution in [0.1, 0.15) is 20.3 Å². The van der Waals surface area contributed by atoms with E-state index in [2.05, 4.69) is 10.0 Å². The molecule has 0 heterocycles. The van der Waals surface area contributed by atoms with E-state index >= 15 is 0 Å². The summed E-state index contributed by atoms with van der Waals surface area (Å²) in [5, 5.41) is 2.66. The molecule has 106 valence electrons. The van der Waals surface area contributed by atoms with Crippen molar-refractivity contribution in [3.05, 3.63) is 24.3 Å². The van der Waals surface area contributed by atoms with E-state index in [9.17, 15) is 13.2 Å². The highest BCUT2D eigenvalue weighted by Gasteiger charge is 2.16. The average Bonchev–Trinajstić information content (AvgIpc) is 2.27. The molecule has 1 rings (SSSR count). The minimum Gasteiger partial charge on any atom is -0.326 e. The lowest BCUT2D eigenvalue weighted by Gasteiger charge is -2.17. The molecule has 19 heavy (non-hydrogen) atoms. The largest absolute Gasteiger partial charge is 0.326 e. The molecular weight excluding hydrogens is 266 g/mol. The Bertz CT molecular complexity index is 545. The molecule has 0 saturated heterocycles. The minimum atomic E-state index is -3.45. The van der Waals surface area contributed by atoms with Gasteiger partial charge in [0.15, 0.2) is 0 Å². The van der Waals surface area contributed by atoms with Crippen LogP contribution in [0.15, 0.2) is 29.2 Å². The van der Waals surface area contributed by atoms with Crippen molar-refractivity contribution in [2.24, 2.45) is 5.73 Å². The second kappa shape index (κ2) is 5.68. The summed E-state index contributed by atoms with van der Waals surface area (Å²) < 4.78 is 25.2. The molecule has 7 heteroatoms. The van der Waals surface area contributed by atoms with Gasteiger partial charge in [-0.3, -0.25) is 4.79 Å². The molecule has 0 aliphatic heterocycles. The number of amides is 1. The summed E-state index contributed by atoms with van der Waals surface area (Å²) >= 11 is 0. The van der Waals surface area contributed by atoms with Crippen LogP contribution in [0, 0.1) is 0 Å². The fourth-order valence-electron chi connectivity index (χ4n) is 1.45. The standard InChI is InChI=1S/C12H19N3O3S/c1-12(2,13)8-11(16)15-9-4-6-10(7-5-9)19(17,18)14-3/h4-7,14H,8,13H2,1-3H3,(H,15,16). The quantitative estimate of drug-likeness (QED) is 0.739. The predicted molar refractivity (Wildman–Crippen MR) is 74.2 cm³/mol. The summed E-state index contributed by atoms with van der Waals surface area (Å²) in [6.07, 6.45) is 0.184. The Morgan fingerprint density at radius 3 is 2.21 bits per heavy atom. The molecule has 0 saturated carbocycles. The van der Waals surface area contributed by atoms with Crippen molar-refractivity contribution in [1.29, 1.82) is 0 Å². The van der Waals surface area contributed by atoms with Crippen molar-refractivity contribution in [3.8, 4) is 0 Å². The topological polar surface area (TPSA) is 101 Å². The first-order valence-electron chi connectivity index (χ1n) is 5.76. The maximum absolute atomic E-state index is 11.6. The Morgan fingerprint density at radius 2 is 1.79 bits per heavy atom. The molecule has 0 fully saturated rings. The van der Waals surface area contributed by atoms with Gasteiger partial charge < -0.3 is 11.1 Å². The number of benzene rings is 1. The van der Waals surface area contributed by atoms with Crippen molar-refractivity contribution in [3.63, 3.8) is 0 Å². The van der Waals surface area contributed by atoms with Gasteiger partial charge in [0.25, 0.3) is 0 Å². The number of hydrogen-bond donors (Lipinski definition) is 3. The lowest BCUT2D eigenvalue weighted by Crippen LogP contribution is -2.36. The number of nitrogens with one attached hydrogen (secondary N) is 2. The molecule has 1 amide bonds. The van der Waals surface area contributed by atoms with Crippen LogP contribution in [0.25, 0.3) is 0 Å². The summed E-state index contributed by atoms with van der Waals surface area (Å²) in [6.45, 7) is 3.52. The molecule has 0 aliphatic carbocycles. The highest BCUT2D eigenvalue weighted by atomic mass is 32.2. The van der Waals surface area contributed by atoms with E-state index in [1.54, 1.807) is 13.8 Å². The maximum atomic E-state index is 11.6. The van der Waals surface area contributed by atoms with Crippen LogP contribution in [0.3, 0.4) is 0 Å². The van der Waals surface area contributed by atoms with Crippen molar-refractivity contribution in [1.82, 2.24) is 4.72 Å². The molecule has 4 N–H and O–H groups in total. The van der Waals surface area contributed by atoms with Crippen molar-refractivity contribution in [2.45, 2.75) is 30.7 Å². The molecule has 0 aromatic heterocycles. The summed E-state index contributed by atoms with van der Waals surface area (Å²) in [7, 11) is -2.11. The highest BCUT2D eigenvalue weighted by Crippen LogP contribution is 2.14. The SMILES string of the molecule is CNS(=O)(=O)c1ccc(NC(=O)CC(C)(C)N)cc1. The van der Waals surface area contributed by atoms with Gasteiger partial charge in [-0.25, -0.2) is 13.1 Å². The van der Waals surface area contributed by atoms with Crippen LogP contribution in [0.5, 0.6) is 0 Å². The zero-order valence-corrected chi connectivity index (χ0v) is 12.0. The summed E-state index contributed by atoms with van der Waals surface area (Å²) in [4.78, 5) is 11.8. The molecule has 0 aliphatic rings. The van der Waals surface area contributed by atoms with Crippen molar-refractivity contribution >= 4 is 21.6 Å². The highest BCUT2D eigenvalue weighted by molar-refractivity contribution is 7.89. The zero-order chi connectivity index (χ0) is 14.7. The number of carbonyl (C=O) groups is 1. The molecule has 1 aromatic carbocycles. The first kappa shape index (κ1) is 15.6. The third kappa shape index (κ3) is 4.98. The van der Waals surface area contributed by atoms with E-state index < -0.39 is 15.6 Å². The van der Waals surface area contributed by atoms with Crippen LogP contribution in [-0.4, -0.2) is 26.9 Å². The van der Waals surface area contributed by atoms with Crippen molar-refractivity contribution < 1.29 is 13.2 Å². The Labute approximate surface area is 113 Å². The number of anilines is 1. The zero-order valence-electron chi connectivity index (χ0n) is 11.2. The molecule has 6 nitrogen and oxygen atoms in total. The Hall–Kier alpha value is -1.44. The van der Waals surface area contributed by atoms with E-state index in [1.807, 2.05) is 0 Å². The number of sulfonamides is 1. The molecule has 0 atom stereocenters. The number of nitrogens with two attached hydrogens (primary N) is 1. The second-order valence-electron chi connectivity index (χ2n) is 4.95. The van der Waals surface area contributed by atoms with Crippen molar-refractivity contribution in [2.75, 3.05) is 12.4 Å². The third-order valence-electron chi connectivity index (χ3n) is 2.33. The molecule has 0 spiro atoms. The normalized spacial score (nSPS) is 12.2. The Balaban J connectivity index is 2.76. The predicted octanol–water partition coefficient (Wildman–Crippen LogP) is 0.661. The molecular formula is C12H19N3O3S. The van der Waals surface area contributed by atoms with Crippen LogP contribution >= 0.6 is 0 Å². The lowest BCUT2D eigenvalue weighted by molar-refractivity contribution is -0.117. The fourth-order valence-corrected chi connectivity index (χ4v) is 2.18. The van der Waals surface area contributed by atoms with Gasteiger partial charge in [-0.2, -0.15) is 0 Å². The van der Waals surface area contributed by atoms with E-state index in [0.29, 0.717) is 5.69 Å². The summed E-state index contributed by atoms with van der Waals surface area (Å²) in [5.41, 5.74) is 5.69. The Kier molecular flexibility index (Phi) is 4.67. The first-order valence-corrected chi connectivity index (χ1v) is 7.25. The lowest BCUT2D eigenvalue weighted by atomic mass is 10.0. The number of hydrogen-bond acceptors (Lipinski definition) is 4. The van der Waals surface area contributed by atoms with Crippen LogP contribution in [0.2, 0.25) is 0 Å². The number of rotatable bonds is 5. The van der Waals surface area contributed by atoms with Gasteiger partial charge in [0.2, 0.25) is 15.9 Å². The van der Waals surface area contributed by atoms with Gasteiger partial charge >= 0.3 is 0 Å². The molecule has 0 radical (unpaired) electrons. The smallest absolute Gasteiger partial charge is 0.240 e. The summed E-state index contributed by atoms with van der Waals surface area (Å²) in [6, 6.07) is 5.92. The van der Waals surface area contributed by atoms with Gasteiger partial charge in [-0.05, 0) is 45.2 Å². The Morgan fingerprint density at radius 1 is 1.26 bits per heavy atom. The molecule has 0 unspecified atom stereocenters. The maximum Gasteiger partial charge on any atom is 0.240 e.